The average molecular weight is 410 g/mol. The summed E-state index contributed by atoms with van der Waals surface area (Å²) in [7, 11) is 0. The van der Waals surface area contributed by atoms with Crippen molar-refractivity contribution in [2.45, 2.75) is 0 Å². The van der Waals surface area contributed by atoms with E-state index in [0.717, 1.165) is 16.2 Å². The molecule has 0 radical (unpaired) electrons. The molecule has 1 aromatic carbocycles. The number of carbonyl (C=O) groups excluding carboxylic acids is 1. The topological polar surface area (TPSA) is 105 Å². The Bertz CT molecular complexity index is 1370. The molecule has 138 valence electrons. The molecule has 3 aromatic heterocycles. The summed E-state index contributed by atoms with van der Waals surface area (Å²) < 4.78 is 1.40. The number of rotatable bonds is 3. The summed E-state index contributed by atoms with van der Waals surface area (Å²) in [4.78, 5) is 43.9. The van der Waals surface area contributed by atoms with Gasteiger partial charge in [0.05, 0.1) is 16.1 Å². The Labute approximate surface area is 164 Å². The van der Waals surface area contributed by atoms with Gasteiger partial charge in [0.2, 0.25) is 4.96 Å². The summed E-state index contributed by atoms with van der Waals surface area (Å²) in [6.45, 7) is -0.475. The zero-order valence-corrected chi connectivity index (χ0v) is 15.7. The highest BCUT2D eigenvalue weighted by Crippen LogP contribution is 2.35. The highest BCUT2D eigenvalue weighted by atomic mass is 32.1. The van der Waals surface area contributed by atoms with Gasteiger partial charge in [-0.2, -0.15) is 9.50 Å². The van der Waals surface area contributed by atoms with Crippen LogP contribution in [0.1, 0.15) is 5.56 Å². The molecule has 4 heterocycles. The third kappa shape index (κ3) is 2.38. The summed E-state index contributed by atoms with van der Waals surface area (Å²) in [5, 5.41) is 15.3. The highest BCUT2D eigenvalue weighted by molar-refractivity contribution is 7.15. The van der Waals surface area contributed by atoms with E-state index in [1.54, 1.807) is 24.3 Å². The lowest BCUT2D eigenvalue weighted by atomic mass is 10.1. The maximum atomic E-state index is 12.9. The second-order valence-electron chi connectivity index (χ2n) is 6.02. The van der Waals surface area contributed by atoms with Gasteiger partial charge in [0, 0.05) is 5.56 Å². The van der Waals surface area contributed by atoms with E-state index in [-0.39, 0.29) is 10.1 Å². The summed E-state index contributed by atoms with van der Waals surface area (Å²) in [6.07, 6.45) is 0. The number of anilines is 1. The first-order chi connectivity index (χ1) is 13.5. The maximum Gasteiger partial charge on any atom is 0.323 e. The third-order valence-electron chi connectivity index (χ3n) is 4.34. The number of carboxylic acids is 1. The second-order valence-corrected chi connectivity index (χ2v) is 7.95. The lowest BCUT2D eigenvalue weighted by Gasteiger charge is -2.13. The van der Waals surface area contributed by atoms with Crippen LogP contribution in [0, 0.1) is 0 Å². The molecule has 0 saturated carbocycles. The Hall–Kier alpha value is -3.37. The number of carbonyl (C=O) groups is 2. The van der Waals surface area contributed by atoms with Crippen LogP contribution in [0.25, 0.3) is 21.2 Å². The first kappa shape index (κ1) is 16.8. The van der Waals surface area contributed by atoms with Gasteiger partial charge in [0.25, 0.3) is 11.5 Å². The molecule has 1 N–H and O–H groups in total. The minimum Gasteiger partial charge on any atom is -0.480 e. The fraction of sp³-hybridized carbons (Fsp3) is 0.0556. The highest BCUT2D eigenvalue weighted by Gasteiger charge is 2.35. The molecule has 0 spiro atoms. The summed E-state index contributed by atoms with van der Waals surface area (Å²) in [5.41, 5.74) is 0.763. The van der Waals surface area contributed by atoms with E-state index in [4.69, 9.17) is 5.11 Å². The van der Waals surface area contributed by atoms with E-state index >= 15 is 0 Å². The number of nitrogens with zero attached hydrogens (tertiary/aromatic N) is 4. The molecule has 10 heteroatoms. The molecular formula is C18H10N4O4S2. The standard InChI is InChI=1S/C18H10N4O4S2/c23-12(24)8-21-10-5-2-1-4-9(10)13(16(21)25)14-17(26)22-18(28-14)19-15(20-22)11-6-3-7-27-11/h1-7H,8H2,(H,23,24). The second kappa shape index (κ2) is 6.08. The van der Waals surface area contributed by atoms with E-state index < -0.39 is 24.0 Å². The Kier molecular flexibility index (Phi) is 3.64. The normalized spacial score (nSPS) is 15.4. The van der Waals surface area contributed by atoms with Crippen LogP contribution in [0.15, 0.2) is 46.6 Å². The number of carboxylic acid groups (broad SMARTS) is 1. The van der Waals surface area contributed by atoms with Crippen LogP contribution in [0.4, 0.5) is 5.69 Å². The fourth-order valence-electron chi connectivity index (χ4n) is 3.19. The van der Waals surface area contributed by atoms with Crippen molar-refractivity contribution in [3.63, 3.8) is 0 Å². The number of aliphatic carboxylic acids is 1. The number of benzene rings is 1. The minimum atomic E-state index is -1.13. The van der Waals surface area contributed by atoms with Gasteiger partial charge < -0.3 is 5.11 Å². The number of thiophene rings is 1. The van der Waals surface area contributed by atoms with E-state index in [0.29, 0.717) is 22.0 Å². The molecule has 4 aromatic rings. The van der Waals surface area contributed by atoms with Crippen LogP contribution >= 0.6 is 22.7 Å². The van der Waals surface area contributed by atoms with E-state index in [1.807, 2.05) is 17.5 Å². The molecule has 1 aliphatic heterocycles. The predicted octanol–water partition coefficient (Wildman–Crippen LogP) is 1.23. The number of fused-ring (bicyclic) bond motifs is 2. The SMILES string of the molecule is O=C(O)CN1C(=O)C(=c2sc3nc(-c4cccs4)nn3c2=O)c2ccccc21. The van der Waals surface area contributed by atoms with Crippen molar-refractivity contribution in [2.75, 3.05) is 11.4 Å². The van der Waals surface area contributed by atoms with Crippen molar-refractivity contribution in [1.82, 2.24) is 14.6 Å². The van der Waals surface area contributed by atoms with Crippen LogP contribution in [-0.4, -0.2) is 38.1 Å². The molecule has 1 amide bonds. The molecule has 1 aliphatic rings. The van der Waals surface area contributed by atoms with Crippen molar-refractivity contribution in [3.8, 4) is 10.7 Å². The minimum absolute atomic E-state index is 0.192. The van der Waals surface area contributed by atoms with Crippen LogP contribution in [0.3, 0.4) is 0 Å². The molecule has 28 heavy (non-hydrogen) atoms. The summed E-state index contributed by atoms with van der Waals surface area (Å²) in [5.74, 6) is -1.18. The lowest BCUT2D eigenvalue weighted by Crippen LogP contribution is -2.35. The lowest BCUT2D eigenvalue weighted by molar-refractivity contribution is -0.136. The number of hydrogen-bond acceptors (Lipinski definition) is 7. The van der Waals surface area contributed by atoms with Crippen LogP contribution < -0.4 is 15.0 Å². The van der Waals surface area contributed by atoms with Gasteiger partial charge in [0.15, 0.2) is 5.82 Å². The van der Waals surface area contributed by atoms with Gasteiger partial charge in [-0.15, -0.1) is 16.4 Å². The summed E-state index contributed by atoms with van der Waals surface area (Å²) in [6, 6.07) is 10.6. The number of amides is 1. The van der Waals surface area contributed by atoms with Crippen molar-refractivity contribution in [3.05, 3.63) is 62.2 Å². The zero-order chi connectivity index (χ0) is 19.4. The molecule has 8 nitrogen and oxygen atoms in total. The van der Waals surface area contributed by atoms with Gasteiger partial charge in [-0.1, -0.05) is 35.6 Å². The number of thiazole rings is 1. The smallest absolute Gasteiger partial charge is 0.323 e. The summed E-state index contributed by atoms with van der Waals surface area (Å²) >= 11 is 2.55. The molecule has 0 saturated heterocycles. The Morgan fingerprint density at radius 2 is 1.96 bits per heavy atom. The van der Waals surface area contributed by atoms with Gasteiger partial charge in [-0.05, 0) is 17.5 Å². The van der Waals surface area contributed by atoms with Gasteiger partial charge >= 0.3 is 5.97 Å². The van der Waals surface area contributed by atoms with Gasteiger partial charge in [0.1, 0.15) is 11.1 Å². The maximum absolute atomic E-state index is 12.9. The molecule has 0 atom stereocenters. The molecule has 0 fully saturated rings. The molecule has 0 unspecified atom stereocenters. The predicted molar refractivity (Wildman–Crippen MR) is 105 cm³/mol. The average Bonchev–Trinajstić information content (AvgIpc) is 3.42. The van der Waals surface area contributed by atoms with Crippen molar-refractivity contribution in [2.24, 2.45) is 0 Å². The van der Waals surface area contributed by atoms with E-state index in [2.05, 4.69) is 10.1 Å². The number of aromatic nitrogens is 3. The third-order valence-corrected chi connectivity index (χ3v) is 6.24. The first-order valence-corrected chi connectivity index (χ1v) is 9.85. The Morgan fingerprint density at radius 1 is 1.14 bits per heavy atom. The largest absolute Gasteiger partial charge is 0.480 e. The monoisotopic (exact) mass is 410 g/mol. The van der Waals surface area contributed by atoms with Crippen LogP contribution in [0.2, 0.25) is 0 Å². The molecular weight excluding hydrogens is 400 g/mol. The van der Waals surface area contributed by atoms with Gasteiger partial charge in [-0.3, -0.25) is 19.3 Å². The number of para-hydroxylation sites is 1. The number of hydrogen-bond donors (Lipinski definition) is 1. The molecule has 0 bridgehead atoms. The van der Waals surface area contributed by atoms with Crippen molar-refractivity contribution in [1.29, 1.82) is 0 Å². The molecule has 0 aliphatic carbocycles. The van der Waals surface area contributed by atoms with Crippen LogP contribution in [0.5, 0.6) is 0 Å². The molecule has 5 rings (SSSR count). The fourth-order valence-corrected chi connectivity index (χ4v) is 4.84. The zero-order valence-electron chi connectivity index (χ0n) is 14.0. The Morgan fingerprint density at radius 3 is 2.68 bits per heavy atom. The quantitative estimate of drug-likeness (QED) is 0.545. The van der Waals surface area contributed by atoms with Crippen molar-refractivity contribution >= 4 is 50.8 Å². The van der Waals surface area contributed by atoms with E-state index in [1.165, 1.54) is 20.8 Å². The Balaban J connectivity index is 1.75. The van der Waals surface area contributed by atoms with E-state index in [9.17, 15) is 14.4 Å². The van der Waals surface area contributed by atoms with Crippen LogP contribution in [-0.2, 0) is 9.59 Å². The van der Waals surface area contributed by atoms with Gasteiger partial charge in [-0.25, -0.2) is 0 Å². The van der Waals surface area contributed by atoms with Crippen molar-refractivity contribution < 1.29 is 14.7 Å². The first-order valence-electron chi connectivity index (χ1n) is 8.15.